The van der Waals surface area contributed by atoms with Gasteiger partial charge in [-0.1, -0.05) is 12.1 Å². The maximum atomic E-state index is 13.5. The Morgan fingerprint density at radius 3 is 2.75 bits per heavy atom. The lowest BCUT2D eigenvalue weighted by atomic mass is 9.92. The third kappa shape index (κ3) is 2.99. The lowest BCUT2D eigenvalue weighted by molar-refractivity contribution is 0.137. The molecule has 28 heavy (non-hydrogen) atoms. The molecule has 0 saturated heterocycles. The van der Waals surface area contributed by atoms with Gasteiger partial charge in [0.15, 0.2) is 0 Å². The fourth-order valence-electron chi connectivity index (χ4n) is 3.96. The molecular weight excluding hydrogens is 375 g/mol. The minimum atomic E-state index is -0.235. The molecule has 0 radical (unpaired) electrons. The quantitative estimate of drug-likeness (QED) is 0.702. The highest BCUT2D eigenvalue weighted by atomic mass is 32.2. The number of aryl methyl sites for hydroxylation is 1. The Labute approximate surface area is 167 Å². The number of hydrazine groups is 1. The molecule has 3 heterocycles. The zero-order chi connectivity index (χ0) is 19.3. The number of halogens is 1. The first-order valence-electron chi connectivity index (χ1n) is 9.38. The summed E-state index contributed by atoms with van der Waals surface area (Å²) in [5.74, 6) is 0.570. The minimum Gasteiger partial charge on any atom is -0.443 e. The summed E-state index contributed by atoms with van der Waals surface area (Å²) in [6.45, 7) is 1.91. The predicted octanol–water partition coefficient (Wildman–Crippen LogP) is 4.47. The van der Waals surface area contributed by atoms with E-state index in [1.807, 2.05) is 36.9 Å². The number of hydrogen-bond donors (Lipinski definition) is 1. The van der Waals surface area contributed by atoms with Crippen molar-refractivity contribution in [1.29, 1.82) is 0 Å². The molecule has 5 nitrogen and oxygen atoms in total. The zero-order valence-electron chi connectivity index (χ0n) is 15.7. The Hall–Kier alpha value is -2.38. The average Bonchev–Trinajstić information content (AvgIpc) is 3.24. The highest BCUT2D eigenvalue weighted by Gasteiger charge is 2.38. The Bertz CT molecular complexity index is 1040. The second-order valence-corrected chi connectivity index (χ2v) is 8.52. The number of fused-ring (bicyclic) bond motifs is 1. The summed E-state index contributed by atoms with van der Waals surface area (Å²) in [6, 6.07) is 9.00. The lowest BCUT2D eigenvalue weighted by Crippen LogP contribution is -2.48. The van der Waals surface area contributed by atoms with Gasteiger partial charge in [0.2, 0.25) is 5.71 Å². The molecule has 0 spiro atoms. The van der Waals surface area contributed by atoms with Gasteiger partial charge in [-0.3, -0.25) is 0 Å². The second-order valence-electron chi connectivity index (χ2n) is 7.39. The van der Waals surface area contributed by atoms with Crippen molar-refractivity contribution in [2.45, 2.75) is 37.1 Å². The summed E-state index contributed by atoms with van der Waals surface area (Å²) < 4.78 is 19.2. The van der Waals surface area contributed by atoms with Crippen molar-refractivity contribution >= 4 is 28.4 Å². The van der Waals surface area contributed by atoms with E-state index in [0.29, 0.717) is 11.8 Å². The Morgan fingerprint density at radius 2 is 2.00 bits per heavy atom. The van der Waals surface area contributed by atoms with Crippen LogP contribution in [0.1, 0.15) is 35.9 Å². The molecule has 7 heteroatoms. The topological polar surface area (TPSA) is 54.2 Å². The molecule has 1 fully saturated rings. The summed E-state index contributed by atoms with van der Waals surface area (Å²) >= 11 is 1.92. The average molecular weight is 396 g/mol. The summed E-state index contributed by atoms with van der Waals surface area (Å²) in [5, 5.41) is 3.82. The van der Waals surface area contributed by atoms with Crippen molar-refractivity contribution in [1.82, 2.24) is 20.4 Å². The number of hydrogen-bond acceptors (Lipinski definition) is 6. The van der Waals surface area contributed by atoms with Crippen LogP contribution in [0.4, 0.5) is 4.39 Å². The molecule has 2 aliphatic rings. The van der Waals surface area contributed by atoms with Crippen molar-refractivity contribution in [3.63, 3.8) is 0 Å². The lowest BCUT2D eigenvalue weighted by Gasteiger charge is -2.40. The molecular formula is C21H21FN4OS. The molecule has 1 saturated carbocycles. The predicted molar refractivity (Wildman–Crippen MR) is 109 cm³/mol. The van der Waals surface area contributed by atoms with Crippen LogP contribution in [0.3, 0.4) is 0 Å². The highest BCUT2D eigenvalue weighted by molar-refractivity contribution is 7.99. The number of nitrogens with zero attached hydrogens (tertiary/aromatic N) is 3. The smallest absolute Gasteiger partial charge is 0.229 e. The van der Waals surface area contributed by atoms with Crippen molar-refractivity contribution < 1.29 is 8.81 Å². The van der Waals surface area contributed by atoms with E-state index >= 15 is 0 Å². The fourth-order valence-corrected chi connectivity index (χ4v) is 4.79. The molecule has 1 aliphatic heterocycles. The van der Waals surface area contributed by atoms with Crippen LogP contribution in [0.2, 0.25) is 0 Å². The van der Waals surface area contributed by atoms with Gasteiger partial charge in [-0.25, -0.2) is 19.8 Å². The monoisotopic (exact) mass is 396 g/mol. The third-order valence-electron chi connectivity index (χ3n) is 5.59. The molecule has 144 valence electrons. The van der Waals surface area contributed by atoms with Crippen LogP contribution in [0.5, 0.6) is 0 Å². The Balaban J connectivity index is 1.56. The van der Waals surface area contributed by atoms with Crippen LogP contribution < -0.4 is 5.43 Å². The van der Waals surface area contributed by atoms with Crippen LogP contribution in [0.15, 0.2) is 47.3 Å². The first-order chi connectivity index (χ1) is 13.6. The normalized spacial score (nSPS) is 24.5. The summed E-state index contributed by atoms with van der Waals surface area (Å²) in [7, 11) is 0. The summed E-state index contributed by atoms with van der Waals surface area (Å²) in [6.07, 6.45) is 8.16. The number of thioether (sulfide) groups is 1. The zero-order valence-corrected chi connectivity index (χ0v) is 16.5. The van der Waals surface area contributed by atoms with Crippen LogP contribution in [-0.2, 0) is 0 Å². The molecule has 3 aromatic rings. The third-order valence-corrected chi connectivity index (χ3v) is 6.64. The second kappa shape index (κ2) is 6.90. The summed E-state index contributed by atoms with van der Waals surface area (Å²) in [4.78, 5) is 8.83. The Morgan fingerprint density at radius 1 is 1.21 bits per heavy atom. The van der Waals surface area contributed by atoms with Crippen LogP contribution >= 0.6 is 11.8 Å². The fraction of sp³-hybridized carbons (Fsp3) is 0.333. The van der Waals surface area contributed by atoms with Gasteiger partial charge in [-0.15, -0.1) is 0 Å². The van der Waals surface area contributed by atoms with Gasteiger partial charge in [0.05, 0.1) is 17.1 Å². The van der Waals surface area contributed by atoms with Crippen LogP contribution in [-0.4, -0.2) is 32.5 Å². The van der Waals surface area contributed by atoms with Crippen molar-refractivity contribution in [2.24, 2.45) is 0 Å². The van der Waals surface area contributed by atoms with Gasteiger partial charge in [0.1, 0.15) is 17.9 Å². The molecule has 2 aromatic heterocycles. The van der Waals surface area contributed by atoms with E-state index in [4.69, 9.17) is 4.42 Å². The molecule has 1 N–H and O–H groups in total. The first-order valence-corrected chi connectivity index (χ1v) is 10.7. The van der Waals surface area contributed by atoms with E-state index in [9.17, 15) is 4.39 Å². The van der Waals surface area contributed by atoms with Gasteiger partial charge < -0.3 is 9.43 Å². The largest absolute Gasteiger partial charge is 0.443 e. The standard InChI is InChI=1S/C21H21FN4OS/c1-12-7-17-20(23-11-24-21(17)27-12)18-10-26(15-8-16(9-15)28-2)25-19(18)13-3-5-14(22)6-4-13/h3-7,10-11,15-16,19,25H,8-9H2,1-2H3. The minimum absolute atomic E-state index is 0.0952. The molecule has 0 bridgehead atoms. The number of rotatable bonds is 4. The van der Waals surface area contributed by atoms with E-state index < -0.39 is 0 Å². The maximum Gasteiger partial charge on any atom is 0.229 e. The molecule has 1 unspecified atom stereocenters. The van der Waals surface area contributed by atoms with E-state index in [1.54, 1.807) is 6.33 Å². The van der Waals surface area contributed by atoms with E-state index in [2.05, 4.69) is 32.9 Å². The van der Waals surface area contributed by atoms with E-state index in [1.165, 1.54) is 12.1 Å². The van der Waals surface area contributed by atoms with Gasteiger partial charge in [-0.2, -0.15) is 11.8 Å². The van der Waals surface area contributed by atoms with Gasteiger partial charge >= 0.3 is 0 Å². The van der Waals surface area contributed by atoms with Gasteiger partial charge in [-0.05, 0) is 49.8 Å². The Kier molecular flexibility index (Phi) is 4.36. The van der Waals surface area contributed by atoms with Crippen molar-refractivity contribution in [3.05, 3.63) is 65.7 Å². The summed E-state index contributed by atoms with van der Waals surface area (Å²) in [5.41, 5.74) is 7.10. The molecule has 1 aromatic carbocycles. The van der Waals surface area contributed by atoms with E-state index in [-0.39, 0.29) is 11.9 Å². The number of aromatic nitrogens is 2. The van der Waals surface area contributed by atoms with Crippen LogP contribution in [0.25, 0.3) is 16.7 Å². The molecule has 1 aliphatic carbocycles. The van der Waals surface area contributed by atoms with Crippen molar-refractivity contribution in [3.8, 4) is 0 Å². The number of nitrogens with one attached hydrogen (secondary N) is 1. The number of furan rings is 1. The SMILES string of the molecule is CSC1CC(N2C=C(c3ncnc4oc(C)cc34)C(c3ccc(F)cc3)N2)C1. The maximum absolute atomic E-state index is 13.5. The highest BCUT2D eigenvalue weighted by Crippen LogP contribution is 2.41. The molecule has 5 rings (SSSR count). The molecule has 1 atom stereocenters. The number of benzene rings is 1. The van der Waals surface area contributed by atoms with Crippen molar-refractivity contribution in [2.75, 3.05) is 6.26 Å². The first kappa shape index (κ1) is 17.7. The van der Waals surface area contributed by atoms with Gasteiger partial charge in [0.25, 0.3) is 0 Å². The van der Waals surface area contributed by atoms with Gasteiger partial charge in [0, 0.05) is 23.1 Å². The molecule has 0 amide bonds. The van der Waals surface area contributed by atoms with Crippen LogP contribution in [0, 0.1) is 12.7 Å². The van der Waals surface area contributed by atoms with E-state index in [0.717, 1.165) is 46.1 Å².